The summed E-state index contributed by atoms with van der Waals surface area (Å²) in [6.07, 6.45) is 0.187. The number of amides is 1. The number of nitrogens with zero attached hydrogens (tertiary/aromatic N) is 1. The third kappa shape index (κ3) is 4.23. The molecule has 0 bridgehead atoms. The standard InChI is InChI=1S/C13H17N3O3S2/c14-13(20)11-3-1-2-10(8-11)9-21(18,19)16-6-4-12(17)15-5-7-16/h1-3,8H,4-7,9H2,(H2,14,20)(H,15,17). The fourth-order valence-electron chi connectivity index (χ4n) is 2.14. The van der Waals surface area contributed by atoms with Gasteiger partial charge in [0.05, 0.1) is 5.75 Å². The summed E-state index contributed by atoms with van der Waals surface area (Å²) < 4.78 is 26.2. The summed E-state index contributed by atoms with van der Waals surface area (Å²) in [6, 6.07) is 6.88. The summed E-state index contributed by atoms with van der Waals surface area (Å²) in [6.45, 7) is 0.844. The lowest BCUT2D eigenvalue weighted by Gasteiger charge is -2.19. The van der Waals surface area contributed by atoms with Gasteiger partial charge >= 0.3 is 0 Å². The molecule has 0 atom stereocenters. The lowest BCUT2D eigenvalue weighted by Crippen LogP contribution is -2.35. The number of rotatable bonds is 4. The van der Waals surface area contributed by atoms with Gasteiger partial charge in [0.15, 0.2) is 0 Å². The van der Waals surface area contributed by atoms with E-state index in [0.717, 1.165) is 0 Å². The van der Waals surface area contributed by atoms with Crippen LogP contribution in [0.3, 0.4) is 0 Å². The monoisotopic (exact) mass is 327 g/mol. The number of sulfonamides is 1. The molecule has 0 aromatic heterocycles. The van der Waals surface area contributed by atoms with Crippen LogP contribution in [0.15, 0.2) is 24.3 Å². The SMILES string of the molecule is NC(=S)c1cccc(CS(=O)(=O)N2CCNC(=O)CC2)c1. The van der Waals surface area contributed by atoms with E-state index in [4.69, 9.17) is 18.0 Å². The number of nitrogens with two attached hydrogens (primary N) is 1. The molecular formula is C13H17N3O3S2. The van der Waals surface area contributed by atoms with Crippen molar-refractivity contribution >= 4 is 33.1 Å². The Bertz CT molecular complexity index is 658. The second-order valence-electron chi connectivity index (χ2n) is 4.82. The predicted octanol–water partition coefficient (Wildman–Crippen LogP) is -0.0275. The first-order valence-electron chi connectivity index (χ1n) is 6.52. The van der Waals surface area contributed by atoms with Gasteiger partial charge in [-0.1, -0.05) is 30.4 Å². The first-order valence-corrected chi connectivity index (χ1v) is 8.53. The number of thiocarbonyl (C=S) groups is 1. The Morgan fingerprint density at radius 1 is 1.38 bits per heavy atom. The maximum atomic E-state index is 12.4. The summed E-state index contributed by atoms with van der Waals surface area (Å²) in [4.78, 5) is 11.5. The highest BCUT2D eigenvalue weighted by molar-refractivity contribution is 7.88. The second-order valence-corrected chi connectivity index (χ2v) is 7.23. The van der Waals surface area contributed by atoms with Gasteiger partial charge in [-0.3, -0.25) is 4.79 Å². The smallest absolute Gasteiger partial charge is 0.221 e. The van der Waals surface area contributed by atoms with Crippen molar-refractivity contribution in [2.24, 2.45) is 5.73 Å². The van der Waals surface area contributed by atoms with Crippen LogP contribution in [0.25, 0.3) is 0 Å². The number of hydrogen-bond donors (Lipinski definition) is 2. The Balaban J connectivity index is 2.15. The molecule has 21 heavy (non-hydrogen) atoms. The predicted molar refractivity (Wildman–Crippen MR) is 84.2 cm³/mol. The minimum absolute atomic E-state index is 0.122. The maximum Gasteiger partial charge on any atom is 0.221 e. The van der Waals surface area contributed by atoms with E-state index < -0.39 is 10.0 Å². The Morgan fingerprint density at radius 3 is 2.86 bits per heavy atom. The summed E-state index contributed by atoms with van der Waals surface area (Å²) in [7, 11) is -3.47. The van der Waals surface area contributed by atoms with E-state index in [9.17, 15) is 13.2 Å². The number of hydrogen-bond acceptors (Lipinski definition) is 4. The van der Waals surface area contributed by atoms with Crippen LogP contribution in [0.5, 0.6) is 0 Å². The molecule has 0 saturated carbocycles. The van der Waals surface area contributed by atoms with E-state index in [1.165, 1.54) is 4.31 Å². The number of nitrogens with one attached hydrogen (secondary N) is 1. The van der Waals surface area contributed by atoms with E-state index >= 15 is 0 Å². The van der Waals surface area contributed by atoms with Crippen molar-refractivity contribution in [2.75, 3.05) is 19.6 Å². The molecule has 8 heteroatoms. The molecule has 1 aromatic rings. The van der Waals surface area contributed by atoms with Gasteiger partial charge in [0.25, 0.3) is 0 Å². The van der Waals surface area contributed by atoms with Crippen LogP contribution >= 0.6 is 12.2 Å². The molecule has 2 rings (SSSR count). The molecular weight excluding hydrogens is 310 g/mol. The normalized spacial score (nSPS) is 17.0. The average molecular weight is 327 g/mol. The van der Waals surface area contributed by atoms with Gasteiger partial charge in [-0.2, -0.15) is 4.31 Å². The second kappa shape index (κ2) is 6.50. The Hall–Kier alpha value is -1.51. The zero-order valence-electron chi connectivity index (χ0n) is 11.4. The molecule has 0 unspecified atom stereocenters. The molecule has 114 valence electrons. The molecule has 1 aliphatic heterocycles. The quantitative estimate of drug-likeness (QED) is 0.758. The highest BCUT2D eigenvalue weighted by Crippen LogP contribution is 2.14. The number of benzene rings is 1. The largest absolute Gasteiger partial charge is 0.389 e. The molecule has 1 amide bonds. The molecule has 1 aliphatic rings. The van der Waals surface area contributed by atoms with Gasteiger partial charge in [0.2, 0.25) is 15.9 Å². The Morgan fingerprint density at radius 2 is 2.14 bits per heavy atom. The molecule has 0 spiro atoms. The van der Waals surface area contributed by atoms with Crippen molar-refractivity contribution < 1.29 is 13.2 Å². The highest BCUT2D eigenvalue weighted by Gasteiger charge is 2.25. The van der Waals surface area contributed by atoms with Gasteiger partial charge < -0.3 is 11.1 Å². The molecule has 0 radical (unpaired) electrons. The topological polar surface area (TPSA) is 92.5 Å². The van der Waals surface area contributed by atoms with Crippen LogP contribution < -0.4 is 11.1 Å². The Labute approximate surface area is 129 Å². The van der Waals surface area contributed by atoms with Crippen LogP contribution in [0.1, 0.15) is 17.5 Å². The lowest BCUT2D eigenvalue weighted by atomic mass is 10.1. The summed E-state index contributed by atoms with van der Waals surface area (Å²) in [5, 5.41) is 2.66. The van der Waals surface area contributed by atoms with Crippen molar-refractivity contribution in [3.63, 3.8) is 0 Å². The number of carbonyl (C=O) groups is 1. The van der Waals surface area contributed by atoms with Gasteiger partial charge in [-0.15, -0.1) is 0 Å². The van der Waals surface area contributed by atoms with E-state index in [1.807, 2.05) is 0 Å². The van der Waals surface area contributed by atoms with Crippen molar-refractivity contribution in [3.05, 3.63) is 35.4 Å². The molecule has 1 heterocycles. The molecule has 1 fully saturated rings. The molecule has 6 nitrogen and oxygen atoms in total. The van der Waals surface area contributed by atoms with E-state index in [2.05, 4.69) is 5.32 Å². The van der Waals surface area contributed by atoms with Crippen molar-refractivity contribution in [1.82, 2.24) is 9.62 Å². The van der Waals surface area contributed by atoms with Crippen LogP contribution in [0.4, 0.5) is 0 Å². The van der Waals surface area contributed by atoms with Gasteiger partial charge in [0, 0.05) is 31.6 Å². The zero-order chi connectivity index (χ0) is 15.5. The first kappa shape index (κ1) is 15.9. The average Bonchev–Trinajstić information content (AvgIpc) is 2.64. The van der Waals surface area contributed by atoms with Gasteiger partial charge in [0.1, 0.15) is 4.99 Å². The third-order valence-corrected chi connectivity index (χ3v) is 5.31. The van der Waals surface area contributed by atoms with Crippen molar-refractivity contribution in [1.29, 1.82) is 0 Å². The van der Waals surface area contributed by atoms with Crippen molar-refractivity contribution in [3.8, 4) is 0 Å². The van der Waals surface area contributed by atoms with E-state index in [0.29, 0.717) is 24.2 Å². The van der Waals surface area contributed by atoms with Gasteiger partial charge in [-0.05, 0) is 11.6 Å². The van der Waals surface area contributed by atoms with Gasteiger partial charge in [-0.25, -0.2) is 8.42 Å². The minimum atomic E-state index is -3.47. The van der Waals surface area contributed by atoms with Crippen molar-refractivity contribution in [2.45, 2.75) is 12.2 Å². The minimum Gasteiger partial charge on any atom is -0.389 e. The highest BCUT2D eigenvalue weighted by atomic mass is 32.2. The molecule has 0 aliphatic carbocycles. The fourth-order valence-corrected chi connectivity index (χ4v) is 3.79. The molecule has 1 aromatic carbocycles. The van der Waals surface area contributed by atoms with E-state index in [-0.39, 0.29) is 29.6 Å². The van der Waals surface area contributed by atoms with Crippen LogP contribution in [-0.4, -0.2) is 43.3 Å². The van der Waals surface area contributed by atoms with Crippen LogP contribution in [0, 0.1) is 0 Å². The van der Waals surface area contributed by atoms with Crippen LogP contribution in [0.2, 0.25) is 0 Å². The lowest BCUT2D eigenvalue weighted by molar-refractivity contribution is -0.120. The number of carbonyl (C=O) groups excluding carboxylic acids is 1. The molecule has 3 N–H and O–H groups in total. The summed E-state index contributed by atoms with van der Waals surface area (Å²) in [5.74, 6) is -0.249. The maximum absolute atomic E-state index is 12.4. The third-order valence-electron chi connectivity index (χ3n) is 3.23. The molecule has 1 saturated heterocycles. The summed E-state index contributed by atoms with van der Waals surface area (Å²) >= 11 is 4.89. The van der Waals surface area contributed by atoms with Crippen LogP contribution in [-0.2, 0) is 20.6 Å². The summed E-state index contributed by atoms with van der Waals surface area (Å²) in [5.41, 5.74) is 6.82. The Kier molecular flexibility index (Phi) is 4.92. The zero-order valence-corrected chi connectivity index (χ0v) is 13.0. The first-order chi connectivity index (χ1) is 9.88. The van der Waals surface area contributed by atoms with E-state index in [1.54, 1.807) is 24.3 Å². The fraction of sp³-hybridized carbons (Fsp3) is 0.385.